The number of nitrogens with zero attached hydrogens (tertiary/aromatic N) is 1. The molecule has 0 atom stereocenters. The first-order chi connectivity index (χ1) is 13.1. The van der Waals surface area contributed by atoms with Gasteiger partial charge in [0.15, 0.2) is 0 Å². The second kappa shape index (κ2) is 7.27. The molecule has 0 unspecified atom stereocenters. The highest BCUT2D eigenvalue weighted by atomic mass is 16.1. The van der Waals surface area contributed by atoms with E-state index in [1.54, 1.807) is 6.92 Å². The maximum absolute atomic E-state index is 12.5. The van der Waals surface area contributed by atoms with Crippen LogP contribution in [0.4, 0.5) is 11.4 Å². The number of hydrogen-bond donors (Lipinski definition) is 2. The Balaban J connectivity index is 1.48. The number of benzene rings is 2. The van der Waals surface area contributed by atoms with Crippen molar-refractivity contribution in [3.8, 4) is 0 Å². The lowest BCUT2D eigenvalue weighted by Crippen LogP contribution is -2.18. The van der Waals surface area contributed by atoms with Gasteiger partial charge in [-0.1, -0.05) is 12.1 Å². The summed E-state index contributed by atoms with van der Waals surface area (Å²) in [5, 5.41) is 3.94. The van der Waals surface area contributed by atoms with Gasteiger partial charge in [0, 0.05) is 35.5 Å². The van der Waals surface area contributed by atoms with Crippen molar-refractivity contribution in [2.75, 3.05) is 23.3 Å². The Bertz CT molecular complexity index is 1050. The Hall–Kier alpha value is -3.08. The minimum Gasteiger partial charge on any atom is -0.371 e. The highest BCUT2D eigenvalue weighted by Gasteiger charge is 2.13. The second-order valence-electron chi connectivity index (χ2n) is 7.17. The van der Waals surface area contributed by atoms with Gasteiger partial charge in [-0.2, -0.15) is 0 Å². The summed E-state index contributed by atoms with van der Waals surface area (Å²) < 4.78 is 0. The second-order valence-corrected chi connectivity index (χ2v) is 7.17. The third kappa shape index (κ3) is 3.87. The normalized spacial score (nSPS) is 13.9. The SMILES string of the molecule is Cc1cc2cc(CC(=O)Nc3cccc(N4CCCC4)c3)ccc2[nH]c1=O. The van der Waals surface area contributed by atoms with E-state index in [-0.39, 0.29) is 11.5 Å². The fraction of sp³-hybridized carbons (Fsp3) is 0.273. The van der Waals surface area contributed by atoms with Crippen molar-refractivity contribution in [2.24, 2.45) is 0 Å². The van der Waals surface area contributed by atoms with Gasteiger partial charge < -0.3 is 15.2 Å². The van der Waals surface area contributed by atoms with Gasteiger partial charge in [-0.25, -0.2) is 0 Å². The molecule has 0 saturated carbocycles. The number of aryl methyl sites for hydroxylation is 1. The number of aromatic amines is 1. The quantitative estimate of drug-likeness (QED) is 0.746. The molecule has 2 N–H and O–H groups in total. The van der Waals surface area contributed by atoms with Crippen molar-refractivity contribution in [1.29, 1.82) is 0 Å². The molecule has 1 aromatic heterocycles. The summed E-state index contributed by atoms with van der Waals surface area (Å²) in [5.41, 5.74) is 4.28. The number of nitrogens with one attached hydrogen (secondary N) is 2. The number of carbonyl (C=O) groups excluding carboxylic acids is 1. The predicted octanol–water partition coefficient (Wildman–Crippen LogP) is 3.62. The topological polar surface area (TPSA) is 65.2 Å². The molecule has 1 saturated heterocycles. The van der Waals surface area contributed by atoms with Gasteiger partial charge in [-0.15, -0.1) is 0 Å². The molecule has 27 heavy (non-hydrogen) atoms. The molecule has 0 radical (unpaired) electrons. The summed E-state index contributed by atoms with van der Waals surface area (Å²) in [6.45, 7) is 3.94. The number of hydrogen-bond acceptors (Lipinski definition) is 3. The Morgan fingerprint density at radius 1 is 1.11 bits per heavy atom. The molecular formula is C22H23N3O2. The summed E-state index contributed by atoms with van der Waals surface area (Å²) in [4.78, 5) is 29.4. The van der Waals surface area contributed by atoms with Gasteiger partial charge in [0.05, 0.1) is 6.42 Å². The molecule has 0 spiro atoms. The molecule has 1 fully saturated rings. The van der Waals surface area contributed by atoms with Crippen molar-refractivity contribution in [3.63, 3.8) is 0 Å². The Labute approximate surface area is 158 Å². The van der Waals surface area contributed by atoms with Gasteiger partial charge >= 0.3 is 0 Å². The van der Waals surface area contributed by atoms with E-state index in [2.05, 4.69) is 21.3 Å². The molecule has 0 aliphatic carbocycles. The maximum Gasteiger partial charge on any atom is 0.251 e. The number of anilines is 2. The average molecular weight is 361 g/mol. The van der Waals surface area contributed by atoms with Gasteiger partial charge in [-0.3, -0.25) is 9.59 Å². The third-order valence-corrected chi connectivity index (χ3v) is 5.06. The highest BCUT2D eigenvalue weighted by Crippen LogP contribution is 2.23. The van der Waals surface area contributed by atoms with Crippen LogP contribution in [-0.4, -0.2) is 24.0 Å². The first-order valence-corrected chi connectivity index (χ1v) is 9.36. The number of carbonyl (C=O) groups is 1. The van der Waals surface area contributed by atoms with Crippen molar-refractivity contribution in [2.45, 2.75) is 26.2 Å². The van der Waals surface area contributed by atoms with Crippen LogP contribution in [0.15, 0.2) is 53.3 Å². The van der Waals surface area contributed by atoms with Gasteiger partial charge in [-0.05, 0) is 67.1 Å². The van der Waals surface area contributed by atoms with E-state index in [0.717, 1.165) is 40.9 Å². The number of H-pyrrole nitrogens is 1. The van der Waals surface area contributed by atoms with Gasteiger partial charge in [0.1, 0.15) is 0 Å². The summed E-state index contributed by atoms with van der Waals surface area (Å²) in [6.07, 6.45) is 2.74. The van der Waals surface area contributed by atoms with E-state index in [1.165, 1.54) is 12.8 Å². The molecule has 1 aliphatic heterocycles. The molecule has 1 aliphatic rings. The smallest absolute Gasteiger partial charge is 0.251 e. The average Bonchev–Trinajstić information content (AvgIpc) is 3.18. The fourth-order valence-electron chi connectivity index (χ4n) is 3.62. The molecular weight excluding hydrogens is 338 g/mol. The zero-order valence-corrected chi connectivity index (χ0v) is 15.4. The minimum absolute atomic E-state index is 0.0472. The molecule has 0 bridgehead atoms. The van der Waals surface area contributed by atoms with Crippen LogP contribution >= 0.6 is 0 Å². The Kier molecular flexibility index (Phi) is 4.67. The van der Waals surface area contributed by atoms with Crippen LogP contribution in [0.1, 0.15) is 24.0 Å². The molecule has 1 amide bonds. The Morgan fingerprint density at radius 2 is 1.93 bits per heavy atom. The number of fused-ring (bicyclic) bond motifs is 1. The van der Waals surface area contributed by atoms with E-state index in [1.807, 2.05) is 42.5 Å². The lowest BCUT2D eigenvalue weighted by atomic mass is 10.1. The number of amides is 1. The molecule has 2 heterocycles. The maximum atomic E-state index is 12.5. The molecule has 5 heteroatoms. The van der Waals surface area contributed by atoms with Crippen molar-refractivity contribution < 1.29 is 4.79 Å². The number of pyridine rings is 1. The summed E-state index contributed by atoms with van der Waals surface area (Å²) in [5.74, 6) is -0.0472. The van der Waals surface area contributed by atoms with Crippen molar-refractivity contribution in [3.05, 3.63) is 70.0 Å². The lowest BCUT2D eigenvalue weighted by molar-refractivity contribution is -0.115. The standard InChI is InChI=1S/C22H23N3O2/c1-15-11-17-12-16(7-8-20(17)24-22(15)27)13-21(26)23-18-5-4-6-19(14-18)25-9-2-3-10-25/h4-8,11-12,14H,2-3,9-10,13H2,1H3,(H,23,26)(H,24,27). The van der Waals surface area contributed by atoms with E-state index in [0.29, 0.717) is 12.0 Å². The molecule has 5 nitrogen and oxygen atoms in total. The molecule has 3 aromatic rings. The lowest BCUT2D eigenvalue weighted by Gasteiger charge is -2.18. The van der Waals surface area contributed by atoms with E-state index in [4.69, 9.17) is 0 Å². The highest BCUT2D eigenvalue weighted by molar-refractivity contribution is 5.93. The van der Waals surface area contributed by atoms with Crippen LogP contribution in [-0.2, 0) is 11.2 Å². The predicted molar refractivity (Wildman–Crippen MR) is 110 cm³/mol. The Morgan fingerprint density at radius 3 is 2.74 bits per heavy atom. The minimum atomic E-state index is -0.0779. The molecule has 138 valence electrons. The zero-order chi connectivity index (χ0) is 18.8. The van der Waals surface area contributed by atoms with Crippen molar-refractivity contribution >= 4 is 28.2 Å². The van der Waals surface area contributed by atoms with Gasteiger partial charge in [0.25, 0.3) is 5.56 Å². The summed E-state index contributed by atoms with van der Waals surface area (Å²) in [7, 11) is 0. The first-order valence-electron chi connectivity index (χ1n) is 9.36. The van der Waals surface area contributed by atoms with Crippen LogP contribution in [0, 0.1) is 6.92 Å². The van der Waals surface area contributed by atoms with E-state index < -0.39 is 0 Å². The van der Waals surface area contributed by atoms with E-state index in [9.17, 15) is 9.59 Å². The van der Waals surface area contributed by atoms with Crippen LogP contribution in [0.2, 0.25) is 0 Å². The number of aromatic nitrogens is 1. The summed E-state index contributed by atoms with van der Waals surface area (Å²) >= 11 is 0. The van der Waals surface area contributed by atoms with Crippen molar-refractivity contribution in [1.82, 2.24) is 4.98 Å². The number of rotatable bonds is 4. The van der Waals surface area contributed by atoms with Crippen LogP contribution in [0.25, 0.3) is 10.9 Å². The van der Waals surface area contributed by atoms with Crippen LogP contribution in [0.3, 0.4) is 0 Å². The fourth-order valence-corrected chi connectivity index (χ4v) is 3.62. The third-order valence-electron chi connectivity index (χ3n) is 5.06. The summed E-state index contributed by atoms with van der Waals surface area (Å²) in [6, 6.07) is 15.6. The van der Waals surface area contributed by atoms with Gasteiger partial charge in [0.2, 0.25) is 5.91 Å². The molecule has 4 rings (SSSR count). The monoisotopic (exact) mass is 361 g/mol. The molecule has 2 aromatic carbocycles. The van der Waals surface area contributed by atoms with Crippen LogP contribution < -0.4 is 15.8 Å². The first kappa shape index (κ1) is 17.3. The zero-order valence-electron chi connectivity index (χ0n) is 15.4. The van der Waals surface area contributed by atoms with Crippen LogP contribution in [0.5, 0.6) is 0 Å². The van der Waals surface area contributed by atoms with E-state index >= 15 is 0 Å². The largest absolute Gasteiger partial charge is 0.371 e.